The molecule has 0 atom stereocenters. The van der Waals surface area contributed by atoms with Crippen LogP contribution in [0.5, 0.6) is 0 Å². The lowest BCUT2D eigenvalue weighted by Crippen LogP contribution is -2.45. The molecule has 0 aromatic heterocycles. The van der Waals surface area contributed by atoms with E-state index in [1.165, 1.54) is 6.07 Å². The van der Waals surface area contributed by atoms with Crippen LogP contribution in [0, 0.1) is 10.1 Å². The van der Waals surface area contributed by atoms with Crippen molar-refractivity contribution < 1.29 is 9.72 Å². The lowest BCUT2D eigenvalue weighted by atomic mass is 10.1. The highest BCUT2D eigenvalue weighted by molar-refractivity contribution is 5.83. The molecule has 20 heavy (non-hydrogen) atoms. The van der Waals surface area contributed by atoms with Gasteiger partial charge in [-0.15, -0.1) is 0 Å². The Morgan fingerprint density at radius 3 is 2.75 bits per heavy atom. The summed E-state index contributed by atoms with van der Waals surface area (Å²) in [6.07, 6.45) is 0.736. The van der Waals surface area contributed by atoms with Gasteiger partial charge < -0.3 is 10.2 Å². The van der Waals surface area contributed by atoms with Gasteiger partial charge in [-0.3, -0.25) is 14.9 Å². The second-order valence-electron chi connectivity index (χ2n) is 6.04. The van der Waals surface area contributed by atoms with Crippen LogP contribution in [0.3, 0.4) is 0 Å². The number of anilines is 1. The molecule has 0 spiro atoms. The van der Waals surface area contributed by atoms with Crippen LogP contribution in [-0.2, 0) is 11.2 Å². The van der Waals surface area contributed by atoms with Gasteiger partial charge in [0.1, 0.15) is 0 Å². The number of non-ortho nitro benzene ring substituents is 1. The molecule has 1 heterocycles. The number of nitro benzene ring substituents is 1. The second kappa shape index (κ2) is 5.11. The molecular weight excluding hydrogens is 258 g/mol. The van der Waals surface area contributed by atoms with Gasteiger partial charge in [-0.25, -0.2) is 0 Å². The first-order chi connectivity index (χ1) is 9.26. The number of benzene rings is 1. The van der Waals surface area contributed by atoms with E-state index in [-0.39, 0.29) is 23.7 Å². The van der Waals surface area contributed by atoms with Crippen LogP contribution in [0.2, 0.25) is 0 Å². The molecule has 0 unspecified atom stereocenters. The monoisotopic (exact) mass is 277 g/mol. The number of hydrogen-bond donors (Lipinski definition) is 1. The summed E-state index contributed by atoms with van der Waals surface area (Å²) in [6.45, 7) is 6.81. The number of carbonyl (C=O) groups is 1. The Bertz CT molecular complexity index is 549. The van der Waals surface area contributed by atoms with Crippen molar-refractivity contribution in [2.75, 3.05) is 18.0 Å². The van der Waals surface area contributed by atoms with E-state index in [4.69, 9.17) is 0 Å². The Kier molecular flexibility index (Phi) is 3.65. The maximum absolute atomic E-state index is 11.9. The van der Waals surface area contributed by atoms with Gasteiger partial charge in [0.05, 0.1) is 11.5 Å². The van der Waals surface area contributed by atoms with Crippen molar-refractivity contribution in [2.24, 2.45) is 0 Å². The van der Waals surface area contributed by atoms with E-state index in [1.807, 2.05) is 25.7 Å². The Morgan fingerprint density at radius 2 is 2.15 bits per heavy atom. The summed E-state index contributed by atoms with van der Waals surface area (Å²) >= 11 is 0. The SMILES string of the molecule is CC(C)(C)NC(=O)CN1CCc2cc([N+](=O)[O-])ccc21. The van der Waals surface area contributed by atoms with Gasteiger partial charge in [-0.2, -0.15) is 0 Å². The van der Waals surface area contributed by atoms with Crippen LogP contribution in [0.4, 0.5) is 11.4 Å². The zero-order valence-electron chi connectivity index (χ0n) is 12.0. The molecule has 0 fully saturated rings. The van der Waals surface area contributed by atoms with Gasteiger partial charge in [0, 0.05) is 29.9 Å². The van der Waals surface area contributed by atoms with E-state index >= 15 is 0 Å². The molecular formula is C14H19N3O3. The summed E-state index contributed by atoms with van der Waals surface area (Å²) in [4.78, 5) is 24.2. The molecule has 0 saturated carbocycles. The smallest absolute Gasteiger partial charge is 0.269 e. The minimum absolute atomic E-state index is 0.0382. The normalized spacial score (nSPS) is 14.1. The number of rotatable bonds is 3. The molecule has 1 aliphatic heterocycles. The van der Waals surface area contributed by atoms with E-state index in [0.717, 1.165) is 17.7 Å². The van der Waals surface area contributed by atoms with E-state index in [0.29, 0.717) is 6.54 Å². The molecule has 0 bridgehead atoms. The van der Waals surface area contributed by atoms with Crippen LogP contribution in [0.15, 0.2) is 18.2 Å². The van der Waals surface area contributed by atoms with E-state index in [9.17, 15) is 14.9 Å². The average Bonchev–Trinajstić information content (AvgIpc) is 2.69. The first-order valence-electron chi connectivity index (χ1n) is 6.59. The summed E-state index contributed by atoms with van der Waals surface area (Å²) in [6, 6.07) is 4.81. The van der Waals surface area contributed by atoms with Gasteiger partial charge in [0.15, 0.2) is 0 Å². The first-order valence-corrected chi connectivity index (χ1v) is 6.59. The maximum Gasteiger partial charge on any atom is 0.269 e. The lowest BCUT2D eigenvalue weighted by molar-refractivity contribution is -0.384. The molecule has 6 nitrogen and oxygen atoms in total. The molecule has 6 heteroatoms. The minimum atomic E-state index is -0.394. The van der Waals surface area contributed by atoms with Crippen molar-refractivity contribution in [3.8, 4) is 0 Å². The molecule has 1 N–H and O–H groups in total. The number of carbonyl (C=O) groups excluding carboxylic acids is 1. The quantitative estimate of drug-likeness (QED) is 0.676. The minimum Gasteiger partial charge on any atom is -0.362 e. The Balaban J connectivity index is 2.09. The van der Waals surface area contributed by atoms with E-state index in [1.54, 1.807) is 12.1 Å². The van der Waals surface area contributed by atoms with Crippen molar-refractivity contribution in [2.45, 2.75) is 32.7 Å². The summed E-state index contributed by atoms with van der Waals surface area (Å²) in [5.41, 5.74) is 1.70. The zero-order valence-corrected chi connectivity index (χ0v) is 12.0. The number of nitrogens with zero attached hydrogens (tertiary/aromatic N) is 2. The molecule has 1 aromatic carbocycles. The largest absolute Gasteiger partial charge is 0.362 e. The molecule has 0 aliphatic carbocycles. The molecule has 108 valence electrons. The summed E-state index contributed by atoms with van der Waals surface area (Å²) in [7, 11) is 0. The predicted octanol–water partition coefficient (Wildman–Crippen LogP) is 1.87. The number of nitro groups is 1. The second-order valence-corrected chi connectivity index (χ2v) is 6.04. The van der Waals surface area contributed by atoms with Gasteiger partial charge in [0.2, 0.25) is 5.91 Å². The Hall–Kier alpha value is -2.11. The molecule has 1 aromatic rings. The molecule has 2 rings (SSSR count). The molecule has 0 radical (unpaired) electrons. The fraction of sp³-hybridized carbons (Fsp3) is 0.500. The lowest BCUT2D eigenvalue weighted by Gasteiger charge is -2.24. The van der Waals surface area contributed by atoms with Crippen LogP contribution >= 0.6 is 0 Å². The fourth-order valence-corrected chi connectivity index (χ4v) is 2.37. The number of fused-ring (bicyclic) bond motifs is 1. The van der Waals surface area contributed by atoms with Gasteiger partial charge in [-0.05, 0) is 38.8 Å². The van der Waals surface area contributed by atoms with E-state index < -0.39 is 4.92 Å². The Labute approximate surface area is 117 Å². The van der Waals surface area contributed by atoms with Crippen LogP contribution in [-0.4, -0.2) is 29.5 Å². The average molecular weight is 277 g/mol. The van der Waals surface area contributed by atoms with Gasteiger partial charge in [0.25, 0.3) is 5.69 Å². The van der Waals surface area contributed by atoms with Crippen molar-refractivity contribution in [3.05, 3.63) is 33.9 Å². The van der Waals surface area contributed by atoms with E-state index in [2.05, 4.69) is 5.32 Å². The highest BCUT2D eigenvalue weighted by Crippen LogP contribution is 2.30. The standard InChI is InChI=1S/C14H19N3O3/c1-14(2,3)15-13(18)9-16-7-6-10-8-11(17(19)20)4-5-12(10)16/h4-5,8H,6-7,9H2,1-3H3,(H,15,18). The molecule has 0 saturated heterocycles. The van der Waals surface area contributed by atoms with Crippen LogP contribution in [0.1, 0.15) is 26.3 Å². The van der Waals surface area contributed by atoms with Crippen LogP contribution in [0.25, 0.3) is 0 Å². The van der Waals surface area contributed by atoms with Crippen LogP contribution < -0.4 is 10.2 Å². The number of hydrogen-bond acceptors (Lipinski definition) is 4. The summed E-state index contributed by atoms with van der Waals surface area (Å²) < 4.78 is 0. The third-order valence-electron chi connectivity index (χ3n) is 3.11. The van der Waals surface area contributed by atoms with Crippen molar-refractivity contribution in [3.63, 3.8) is 0 Å². The third-order valence-corrected chi connectivity index (χ3v) is 3.11. The topological polar surface area (TPSA) is 75.5 Å². The summed E-state index contributed by atoms with van der Waals surface area (Å²) in [5.74, 6) is -0.0382. The van der Waals surface area contributed by atoms with Crippen molar-refractivity contribution in [1.29, 1.82) is 0 Å². The van der Waals surface area contributed by atoms with Gasteiger partial charge >= 0.3 is 0 Å². The van der Waals surface area contributed by atoms with Crippen molar-refractivity contribution in [1.82, 2.24) is 5.32 Å². The zero-order chi connectivity index (χ0) is 14.9. The Morgan fingerprint density at radius 1 is 1.45 bits per heavy atom. The molecule has 1 aliphatic rings. The fourth-order valence-electron chi connectivity index (χ4n) is 2.37. The van der Waals surface area contributed by atoms with Crippen molar-refractivity contribution >= 4 is 17.3 Å². The third kappa shape index (κ3) is 3.26. The highest BCUT2D eigenvalue weighted by atomic mass is 16.6. The van der Waals surface area contributed by atoms with Gasteiger partial charge in [-0.1, -0.05) is 0 Å². The number of amides is 1. The first kappa shape index (κ1) is 14.3. The maximum atomic E-state index is 11.9. The highest BCUT2D eigenvalue weighted by Gasteiger charge is 2.24. The predicted molar refractivity (Wildman–Crippen MR) is 76.9 cm³/mol. The molecule has 1 amide bonds. The summed E-state index contributed by atoms with van der Waals surface area (Å²) in [5, 5.41) is 13.7. The number of nitrogens with one attached hydrogen (secondary N) is 1.